The molecule has 0 bridgehead atoms. The number of nitrogens with zero attached hydrogens (tertiary/aromatic N) is 3. The summed E-state index contributed by atoms with van der Waals surface area (Å²) in [7, 11) is 0. The van der Waals surface area contributed by atoms with Crippen molar-refractivity contribution in [3.05, 3.63) is 29.6 Å². The van der Waals surface area contributed by atoms with Gasteiger partial charge in [-0.15, -0.1) is 0 Å². The highest BCUT2D eigenvalue weighted by Crippen LogP contribution is 2.15. The van der Waals surface area contributed by atoms with Gasteiger partial charge in [0.15, 0.2) is 5.84 Å². The summed E-state index contributed by atoms with van der Waals surface area (Å²) < 4.78 is 0. The van der Waals surface area contributed by atoms with Crippen LogP contribution in [0.2, 0.25) is 0 Å². The van der Waals surface area contributed by atoms with Gasteiger partial charge < -0.3 is 15.7 Å². The Kier molecular flexibility index (Phi) is 3.83. The van der Waals surface area contributed by atoms with Crippen molar-refractivity contribution in [3.63, 3.8) is 0 Å². The summed E-state index contributed by atoms with van der Waals surface area (Å²) in [6.45, 7) is 2.18. The number of amides is 2. The van der Waals surface area contributed by atoms with Crippen molar-refractivity contribution >= 4 is 17.8 Å². The first kappa shape index (κ1) is 13.8. The Bertz CT molecular complexity index is 566. The van der Waals surface area contributed by atoms with Crippen LogP contribution in [0.15, 0.2) is 23.3 Å². The number of nitrogens with one attached hydrogen (secondary N) is 1. The largest absolute Gasteiger partial charge is 0.465 e. The second kappa shape index (κ2) is 5.55. The Morgan fingerprint density at radius 2 is 2.20 bits per heavy atom. The Morgan fingerprint density at radius 3 is 2.80 bits per heavy atom. The number of rotatable bonds is 3. The van der Waals surface area contributed by atoms with Crippen LogP contribution in [0.5, 0.6) is 0 Å². The van der Waals surface area contributed by atoms with Crippen LogP contribution in [-0.2, 0) is 4.79 Å². The topological polar surface area (TPSA) is 121 Å². The molecule has 2 rings (SSSR count). The number of carbonyl (C=O) groups excluding carboxylic acids is 1. The van der Waals surface area contributed by atoms with Gasteiger partial charge in [-0.05, 0) is 19.1 Å². The summed E-state index contributed by atoms with van der Waals surface area (Å²) in [6.07, 6.45) is -1.03. The van der Waals surface area contributed by atoms with Crippen molar-refractivity contribution in [3.8, 4) is 0 Å². The van der Waals surface area contributed by atoms with Gasteiger partial charge >= 0.3 is 6.09 Å². The van der Waals surface area contributed by atoms with E-state index < -0.39 is 6.09 Å². The van der Waals surface area contributed by atoms with E-state index in [2.05, 4.69) is 15.5 Å². The number of hydrazone groups is 1. The fourth-order valence-electron chi connectivity index (χ4n) is 1.75. The van der Waals surface area contributed by atoms with Crippen molar-refractivity contribution in [2.24, 2.45) is 16.8 Å². The molecule has 8 heteroatoms. The van der Waals surface area contributed by atoms with E-state index in [0.29, 0.717) is 5.69 Å². The Morgan fingerprint density at radius 1 is 1.50 bits per heavy atom. The summed E-state index contributed by atoms with van der Waals surface area (Å²) >= 11 is 0. The lowest BCUT2D eigenvalue weighted by molar-refractivity contribution is -0.129. The third kappa shape index (κ3) is 3.02. The van der Waals surface area contributed by atoms with E-state index in [1.54, 1.807) is 12.1 Å². The minimum atomic E-state index is -1.03. The fraction of sp³-hybridized carbons (Fsp3) is 0.333. The van der Waals surface area contributed by atoms with Gasteiger partial charge in [-0.25, -0.2) is 15.2 Å². The molecule has 0 saturated carbocycles. The quantitative estimate of drug-likeness (QED) is 0.399. The second-order valence-corrected chi connectivity index (χ2v) is 4.52. The van der Waals surface area contributed by atoms with Crippen LogP contribution in [0.1, 0.15) is 11.4 Å². The molecule has 0 radical (unpaired) electrons. The lowest BCUT2D eigenvalue weighted by atomic mass is 10.0. The molecule has 20 heavy (non-hydrogen) atoms. The number of aryl methyl sites for hydroxylation is 1. The number of amidine groups is 1. The lowest BCUT2D eigenvalue weighted by Gasteiger charge is -2.35. The van der Waals surface area contributed by atoms with Gasteiger partial charge in [0.25, 0.3) is 0 Å². The summed E-state index contributed by atoms with van der Waals surface area (Å²) in [5.41, 5.74) is 9.31. The molecule has 1 aromatic rings. The molecule has 1 saturated heterocycles. The van der Waals surface area contributed by atoms with Gasteiger partial charge in [-0.1, -0.05) is 6.07 Å². The minimum Gasteiger partial charge on any atom is -0.465 e. The molecule has 4 N–H and O–H groups in total. The number of pyridine rings is 1. The summed E-state index contributed by atoms with van der Waals surface area (Å²) in [5, 5.41) is 12.4. The van der Waals surface area contributed by atoms with Crippen molar-refractivity contribution in [1.29, 1.82) is 0 Å². The number of carboxylic acid groups (broad SMARTS) is 1. The SMILES string of the molecule is Cc1cccc(C(N)=NNC(=O)C2CN(C(=O)O)C2)n1. The number of nitrogens with two attached hydrogens (primary N) is 1. The van der Waals surface area contributed by atoms with E-state index in [0.717, 1.165) is 10.6 Å². The number of likely N-dealkylation sites (tertiary alicyclic amines) is 1. The number of hydrogen-bond acceptors (Lipinski definition) is 4. The normalized spacial score (nSPS) is 15.7. The number of carbonyl (C=O) groups is 2. The second-order valence-electron chi connectivity index (χ2n) is 4.52. The maximum absolute atomic E-state index is 11.7. The molecule has 8 nitrogen and oxygen atoms in total. The van der Waals surface area contributed by atoms with E-state index in [1.165, 1.54) is 0 Å². The Hall–Kier alpha value is -2.64. The van der Waals surface area contributed by atoms with Crippen molar-refractivity contribution in [1.82, 2.24) is 15.3 Å². The number of aromatic nitrogens is 1. The third-order valence-electron chi connectivity index (χ3n) is 2.96. The fourth-order valence-corrected chi connectivity index (χ4v) is 1.75. The van der Waals surface area contributed by atoms with Gasteiger partial charge in [0.1, 0.15) is 5.69 Å². The van der Waals surface area contributed by atoms with Crippen LogP contribution in [0.25, 0.3) is 0 Å². The van der Waals surface area contributed by atoms with E-state index in [-0.39, 0.29) is 30.8 Å². The molecular weight excluding hydrogens is 262 g/mol. The average molecular weight is 277 g/mol. The summed E-state index contributed by atoms with van der Waals surface area (Å²) in [6, 6.07) is 5.30. The first-order valence-electron chi connectivity index (χ1n) is 6.02. The first-order valence-corrected chi connectivity index (χ1v) is 6.02. The van der Waals surface area contributed by atoms with Crippen LogP contribution in [-0.4, -0.2) is 45.9 Å². The molecule has 106 valence electrons. The van der Waals surface area contributed by atoms with E-state index in [4.69, 9.17) is 10.8 Å². The van der Waals surface area contributed by atoms with Gasteiger partial charge in [0.2, 0.25) is 5.91 Å². The Balaban J connectivity index is 1.90. The van der Waals surface area contributed by atoms with Crippen LogP contribution in [0.4, 0.5) is 4.79 Å². The Labute approximate surface area is 115 Å². The van der Waals surface area contributed by atoms with Gasteiger partial charge in [-0.3, -0.25) is 4.79 Å². The molecule has 2 heterocycles. The first-order chi connectivity index (χ1) is 9.47. The highest BCUT2D eigenvalue weighted by Gasteiger charge is 2.35. The van der Waals surface area contributed by atoms with Gasteiger partial charge in [0.05, 0.1) is 5.92 Å². The monoisotopic (exact) mass is 277 g/mol. The molecule has 1 aliphatic rings. The maximum Gasteiger partial charge on any atom is 0.407 e. The molecule has 0 unspecified atom stereocenters. The van der Waals surface area contributed by atoms with Crippen LogP contribution in [0, 0.1) is 12.8 Å². The zero-order chi connectivity index (χ0) is 14.7. The zero-order valence-corrected chi connectivity index (χ0v) is 10.9. The summed E-state index contributed by atoms with van der Waals surface area (Å²) in [4.78, 5) is 27.6. The zero-order valence-electron chi connectivity index (χ0n) is 10.9. The molecule has 0 aromatic carbocycles. The molecule has 2 amide bonds. The molecule has 1 aromatic heterocycles. The van der Waals surface area contributed by atoms with E-state index in [1.807, 2.05) is 13.0 Å². The minimum absolute atomic E-state index is 0.108. The summed E-state index contributed by atoms with van der Waals surface area (Å²) in [5.74, 6) is -0.623. The third-order valence-corrected chi connectivity index (χ3v) is 2.96. The van der Waals surface area contributed by atoms with Crippen molar-refractivity contribution < 1.29 is 14.7 Å². The predicted octanol–water partition coefficient (Wildman–Crippen LogP) is -0.264. The smallest absolute Gasteiger partial charge is 0.407 e. The molecule has 0 aliphatic carbocycles. The van der Waals surface area contributed by atoms with Crippen LogP contribution in [0.3, 0.4) is 0 Å². The average Bonchev–Trinajstić information content (AvgIpc) is 2.33. The predicted molar refractivity (Wildman–Crippen MR) is 70.9 cm³/mol. The van der Waals surface area contributed by atoms with E-state index in [9.17, 15) is 9.59 Å². The molecular formula is C12H15N5O3. The highest BCUT2D eigenvalue weighted by atomic mass is 16.4. The van der Waals surface area contributed by atoms with Crippen molar-refractivity contribution in [2.75, 3.05) is 13.1 Å². The lowest BCUT2D eigenvalue weighted by Crippen LogP contribution is -2.54. The standard InChI is InChI=1S/C12H15N5O3/c1-7-3-2-4-9(14-7)10(13)15-16-11(18)8-5-17(6-8)12(19)20/h2-4,8H,5-6H2,1H3,(H2,13,15)(H,16,18)(H,19,20). The highest BCUT2D eigenvalue weighted by molar-refractivity contribution is 5.96. The maximum atomic E-state index is 11.7. The molecule has 1 fully saturated rings. The number of hydrogen-bond donors (Lipinski definition) is 3. The van der Waals surface area contributed by atoms with E-state index >= 15 is 0 Å². The van der Waals surface area contributed by atoms with Crippen LogP contribution < -0.4 is 11.2 Å². The molecule has 0 atom stereocenters. The van der Waals surface area contributed by atoms with Gasteiger partial charge in [-0.2, -0.15) is 5.10 Å². The molecule has 0 spiro atoms. The van der Waals surface area contributed by atoms with Crippen LogP contribution >= 0.6 is 0 Å². The van der Waals surface area contributed by atoms with Gasteiger partial charge in [0, 0.05) is 18.8 Å². The molecule has 1 aliphatic heterocycles. The van der Waals surface area contributed by atoms with Crippen molar-refractivity contribution in [2.45, 2.75) is 6.92 Å².